The Labute approximate surface area is 174 Å². The second-order valence-corrected chi connectivity index (χ2v) is 8.19. The van der Waals surface area contributed by atoms with Crippen LogP contribution < -0.4 is 10.9 Å². The van der Waals surface area contributed by atoms with Crippen molar-refractivity contribution in [2.45, 2.75) is 45.7 Å². The highest BCUT2D eigenvalue weighted by Crippen LogP contribution is 2.30. The summed E-state index contributed by atoms with van der Waals surface area (Å²) in [5, 5.41) is 2.80. The molecule has 0 bridgehead atoms. The molecule has 4 rings (SSSR count). The molecule has 3 amide bonds. The van der Waals surface area contributed by atoms with Gasteiger partial charge in [-0.2, -0.15) is 0 Å². The lowest BCUT2D eigenvalue weighted by Gasteiger charge is -2.23. The molecule has 0 aliphatic carbocycles. The number of pyridine rings is 1. The van der Waals surface area contributed by atoms with Gasteiger partial charge in [-0.15, -0.1) is 0 Å². The van der Waals surface area contributed by atoms with Crippen LogP contribution in [0.2, 0.25) is 0 Å². The van der Waals surface area contributed by atoms with Crippen LogP contribution in [0, 0.1) is 6.92 Å². The summed E-state index contributed by atoms with van der Waals surface area (Å²) in [6.45, 7) is 7.69. The highest BCUT2D eigenvalue weighted by molar-refractivity contribution is 6.07. The van der Waals surface area contributed by atoms with Crippen molar-refractivity contribution in [2.24, 2.45) is 0 Å². The molecule has 3 aromatic rings. The summed E-state index contributed by atoms with van der Waals surface area (Å²) in [6, 6.07) is 12.2. The van der Waals surface area contributed by atoms with E-state index < -0.39 is 11.6 Å². The number of amides is 3. The van der Waals surface area contributed by atoms with E-state index >= 15 is 0 Å². The molecule has 1 aliphatic rings. The molecule has 3 heterocycles. The number of aromatic nitrogens is 2. The molecular formula is C23H24N4O3. The van der Waals surface area contributed by atoms with E-state index in [1.807, 2.05) is 37.3 Å². The van der Waals surface area contributed by atoms with E-state index in [2.05, 4.69) is 24.1 Å². The Morgan fingerprint density at radius 1 is 1.10 bits per heavy atom. The van der Waals surface area contributed by atoms with E-state index in [-0.39, 0.29) is 18.0 Å². The van der Waals surface area contributed by atoms with Gasteiger partial charge in [-0.25, -0.2) is 9.78 Å². The Morgan fingerprint density at radius 3 is 2.47 bits per heavy atom. The number of carbonyl (C=O) groups excluding carboxylic acids is 2. The lowest BCUT2D eigenvalue weighted by Crippen LogP contribution is -2.40. The molecule has 1 saturated heterocycles. The number of hydrogen-bond acceptors (Lipinski definition) is 4. The second kappa shape index (κ2) is 7.09. The number of carbonyl (C=O) groups is 2. The minimum Gasteiger partial charge on any atom is -0.319 e. The van der Waals surface area contributed by atoms with E-state index in [9.17, 15) is 14.4 Å². The Kier molecular flexibility index (Phi) is 4.68. The molecule has 1 aromatic carbocycles. The fraction of sp³-hybridized carbons (Fsp3) is 0.304. The van der Waals surface area contributed by atoms with Crippen LogP contribution in [0.1, 0.15) is 49.1 Å². The van der Waals surface area contributed by atoms with Crippen molar-refractivity contribution in [3.05, 3.63) is 81.4 Å². The van der Waals surface area contributed by atoms with E-state index in [0.29, 0.717) is 17.3 Å². The normalized spacial score (nSPS) is 19.0. The van der Waals surface area contributed by atoms with Crippen LogP contribution in [0.5, 0.6) is 0 Å². The van der Waals surface area contributed by atoms with Crippen LogP contribution in [-0.4, -0.2) is 26.2 Å². The monoisotopic (exact) mass is 404 g/mol. The number of fused-ring (bicyclic) bond motifs is 1. The van der Waals surface area contributed by atoms with E-state index in [0.717, 1.165) is 21.6 Å². The average molecular weight is 404 g/mol. The molecule has 1 fully saturated rings. The third-order valence-electron chi connectivity index (χ3n) is 5.69. The van der Waals surface area contributed by atoms with Gasteiger partial charge in [0.25, 0.3) is 11.5 Å². The average Bonchev–Trinajstić information content (AvgIpc) is 2.93. The number of nitrogens with zero attached hydrogens (tertiary/aromatic N) is 3. The zero-order chi connectivity index (χ0) is 21.6. The number of urea groups is 1. The molecule has 0 spiro atoms. The molecule has 0 radical (unpaired) electrons. The number of benzene rings is 1. The lowest BCUT2D eigenvalue weighted by molar-refractivity contribution is -0.131. The van der Waals surface area contributed by atoms with Gasteiger partial charge in [0, 0.05) is 12.3 Å². The van der Waals surface area contributed by atoms with Gasteiger partial charge in [-0.1, -0.05) is 44.2 Å². The maximum Gasteiger partial charge on any atom is 0.325 e. The zero-order valence-electron chi connectivity index (χ0n) is 17.5. The maximum absolute atomic E-state index is 13.2. The standard InChI is InChI=1S/C23H24N4O3/c1-14(2)16-7-9-17(10-8-16)23(4)21(29)27(22(30)25-23)13-18-12-19(28)26-11-5-6-15(3)20(26)24-18/h5-12,14H,13H2,1-4H3,(H,25,30). The molecular weight excluding hydrogens is 380 g/mol. The Hall–Kier alpha value is -3.48. The minimum atomic E-state index is -1.16. The summed E-state index contributed by atoms with van der Waals surface area (Å²) < 4.78 is 1.45. The summed E-state index contributed by atoms with van der Waals surface area (Å²) in [4.78, 5) is 43.9. The molecule has 2 aromatic heterocycles. The molecule has 1 unspecified atom stereocenters. The fourth-order valence-corrected chi connectivity index (χ4v) is 3.79. The van der Waals surface area contributed by atoms with Crippen molar-refractivity contribution >= 4 is 17.6 Å². The fourth-order valence-electron chi connectivity index (χ4n) is 3.79. The van der Waals surface area contributed by atoms with Gasteiger partial charge >= 0.3 is 6.03 Å². The molecule has 1 atom stereocenters. The first-order chi connectivity index (χ1) is 14.2. The van der Waals surface area contributed by atoms with Gasteiger partial charge in [0.05, 0.1) is 12.2 Å². The quantitative estimate of drug-likeness (QED) is 0.678. The SMILES string of the molecule is Cc1cccn2c(=O)cc(CN3C(=O)NC(C)(c4ccc(C(C)C)cc4)C3=O)nc12. The van der Waals surface area contributed by atoms with Crippen LogP contribution in [0.25, 0.3) is 5.65 Å². The molecule has 0 saturated carbocycles. The van der Waals surface area contributed by atoms with Gasteiger partial charge in [0.15, 0.2) is 0 Å². The predicted octanol–water partition coefficient (Wildman–Crippen LogP) is 3.09. The van der Waals surface area contributed by atoms with Crippen molar-refractivity contribution in [1.29, 1.82) is 0 Å². The van der Waals surface area contributed by atoms with Gasteiger partial charge in [-0.3, -0.25) is 18.9 Å². The first-order valence-corrected chi connectivity index (χ1v) is 9.93. The maximum atomic E-state index is 13.2. The molecule has 30 heavy (non-hydrogen) atoms. The lowest BCUT2D eigenvalue weighted by atomic mass is 9.90. The van der Waals surface area contributed by atoms with Crippen molar-refractivity contribution in [3.8, 4) is 0 Å². The largest absolute Gasteiger partial charge is 0.325 e. The van der Waals surface area contributed by atoms with Crippen molar-refractivity contribution in [2.75, 3.05) is 0 Å². The van der Waals surface area contributed by atoms with Gasteiger partial charge in [0.1, 0.15) is 11.2 Å². The Balaban J connectivity index is 1.66. The van der Waals surface area contributed by atoms with Crippen molar-refractivity contribution < 1.29 is 9.59 Å². The summed E-state index contributed by atoms with van der Waals surface area (Å²) in [7, 11) is 0. The first kappa shape index (κ1) is 19.8. The second-order valence-electron chi connectivity index (χ2n) is 8.19. The van der Waals surface area contributed by atoms with E-state index in [1.165, 1.54) is 10.5 Å². The molecule has 1 aliphatic heterocycles. The smallest absolute Gasteiger partial charge is 0.319 e. The predicted molar refractivity (Wildman–Crippen MR) is 113 cm³/mol. The van der Waals surface area contributed by atoms with Gasteiger partial charge < -0.3 is 5.32 Å². The molecule has 154 valence electrons. The van der Waals surface area contributed by atoms with Crippen molar-refractivity contribution in [1.82, 2.24) is 19.6 Å². The van der Waals surface area contributed by atoms with E-state index in [1.54, 1.807) is 19.2 Å². The number of rotatable bonds is 4. The summed E-state index contributed by atoms with van der Waals surface area (Å²) in [5.41, 5.74) is 2.19. The Bertz CT molecular complexity index is 1210. The highest BCUT2D eigenvalue weighted by atomic mass is 16.2. The number of imide groups is 1. The molecule has 7 heteroatoms. The molecule has 1 N–H and O–H groups in total. The summed E-state index contributed by atoms with van der Waals surface area (Å²) in [6.07, 6.45) is 1.65. The van der Waals surface area contributed by atoms with E-state index in [4.69, 9.17) is 0 Å². The summed E-state index contributed by atoms with van der Waals surface area (Å²) in [5.74, 6) is 0.00963. The van der Waals surface area contributed by atoms with Crippen molar-refractivity contribution in [3.63, 3.8) is 0 Å². The molecule has 7 nitrogen and oxygen atoms in total. The van der Waals surface area contributed by atoms with Crippen LogP contribution in [0.15, 0.2) is 53.5 Å². The van der Waals surface area contributed by atoms with Gasteiger partial charge in [-0.05, 0) is 42.5 Å². The van der Waals surface area contributed by atoms with Crippen LogP contribution >= 0.6 is 0 Å². The number of aryl methyl sites for hydroxylation is 1. The van der Waals surface area contributed by atoms with Crippen LogP contribution in [-0.2, 0) is 16.9 Å². The van der Waals surface area contributed by atoms with Crippen LogP contribution in [0.4, 0.5) is 4.79 Å². The Morgan fingerprint density at radius 2 is 1.80 bits per heavy atom. The third-order valence-corrected chi connectivity index (χ3v) is 5.69. The summed E-state index contributed by atoms with van der Waals surface area (Å²) >= 11 is 0. The topological polar surface area (TPSA) is 83.8 Å². The number of hydrogen-bond donors (Lipinski definition) is 1. The first-order valence-electron chi connectivity index (χ1n) is 9.93. The minimum absolute atomic E-state index is 0.0651. The van der Waals surface area contributed by atoms with Gasteiger partial charge in [0.2, 0.25) is 0 Å². The van der Waals surface area contributed by atoms with Crippen LogP contribution in [0.3, 0.4) is 0 Å². The third kappa shape index (κ3) is 3.16. The highest BCUT2D eigenvalue weighted by Gasteiger charge is 2.49. The zero-order valence-corrected chi connectivity index (χ0v) is 17.5. The number of nitrogens with one attached hydrogen (secondary N) is 1.